The number of nitrogens with zero attached hydrogens (tertiary/aromatic N) is 5. The van der Waals surface area contributed by atoms with Gasteiger partial charge in [0, 0.05) is 57.1 Å². The van der Waals surface area contributed by atoms with Gasteiger partial charge in [0.25, 0.3) is 11.2 Å². The number of non-ortho nitro benzene ring substituents is 1. The van der Waals surface area contributed by atoms with Gasteiger partial charge >= 0.3 is 0 Å². The summed E-state index contributed by atoms with van der Waals surface area (Å²) in [6.45, 7) is 1.74. The molecule has 1 aliphatic rings. The lowest BCUT2D eigenvalue weighted by Gasteiger charge is -2.33. The molecule has 4 rings (SSSR count). The molecule has 31 heavy (non-hydrogen) atoms. The van der Waals surface area contributed by atoms with Crippen molar-refractivity contribution in [2.75, 3.05) is 26.2 Å². The van der Waals surface area contributed by atoms with Crippen LogP contribution in [0.15, 0.2) is 58.4 Å². The monoisotopic (exact) mass is 463 g/mol. The molecule has 0 unspecified atom stereocenters. The molecule has 12 heteroatoms. The van der Waals surface area contributed by atoms with Crippen LogP contribution in [0.4, 0.5) is 5.69 Å². The van der Waals surface area contributed by atoms with Crippen LogP contribution in [0.5, 0.6) is 0 Å². The third-order valence-corrected chi connectivity index (χ3v) is 7.18. The summed E-state index contributed by atoms with van der Waals surface area (Å²) >= 11 is 5.92. The highest BCUT2D eigenvalue weighted by Crippen LogP contribution is 2.22. The van der Waals surface area contributed by atoms with Gasteiger partial charge in [-0.05, 0) is 18.2 Å². The van der Waals surface area contributed by atoms with Crippen LogP contribution < -0.4 is 5.56 Å². The zero-order valence-corrected chi connectivity index (χ0v) is 17.8. The second-order valence-corrected chi connectivity index (χ2v) is 9.47. The van der Waals surface area contributed by atoms with Gasteiger partial charge in [0.1, 0.15) is 5.65 Å². The fraction of sp³-hybridized carbons (Fsp3) is 0.263. The van der Waals surface area contributed by atoms with Crippen molar-refractivity contribution in [1.82, 2.24) is 18.6 Å². The molecule has 0 amide bonds. The minimum Gasteiger partial charge on any atom is -0.295 e. The van der Waals surface area contributed by atoms with Crippen molar-refractivity contribution >= 4 is 33.0 Å². The predicted molar refractivity (Wildman–Crippen MR) is 114 cm³/mol. The largest absolute Gasteiger partial charge is 0.295 e. The van der Waals surface area contributed by atoms with Crippen molar-refractivity contribution in [2.24, 2.45) is 0 Å². The molecule has 0 aliphatic carbocycles. The molecular formula is C19H18ClN5O5S. The number of sulfonamides is 1. The maximum atomic E-state index is 12.9. The molecule has 0 spiro atoms. The summed E-state index contributed by atoms with van der Waals surface area (Å²) < 4.78 is 28.4. The summed E-state index contributed by atoms with van der Waals surface area (Å²) in [7, 11) is -3.83. The standard InChI is InChI=1S/C19H18ClN5O5S/c20-14-4-5-18-21-15(10-19(26)24(18)12-14)13-22-6-8-23(9-7-22)31(29,30)17-3-1-2-16(11-17)25(27)28/h1-5,10-12H,6-9,13H2. The molecule has 3 aromatic rings. The maximum Gasteiger partial charge on any atom is 0.270 e. The number of benzene rings is 1. The van der Waals surface area contributed by atoms with Crippen LogP contribution in [0.1, 0.15) is 5.69 Å². The number of hydrogen-bond donors (Lipinski definition) is 0. The summed E-state index contributed by atoms with van der Waals surface area (Å²) in [4.78, 5) is 29.0. The lowest BCUT2D eigenvalue weighted by molar-refractivity contribution is -0.385. The topological polar surface area (TPSA) is 118 Å². The van der Waals surface area contributed by atoms with Gasteiger partial charge in [0.2, 0.25) is 10.0 Å². The van der Waals surface area contributed by atoms with Crippen LogP contribution in [0.2, 0.25) is 5.02 Å². The number of halogens is 1. The van der Waals surface area contributed by atoms with Crippen molar-refractivity contribution in [3.8, 4) is 0 Å². The Morgan fingerprint density at radius 2 is 1.84 bits per heavy atom. The van der Waals surface area contributed by atoms with Crippen LogP contribution in [-0.4, -0.2) is 58.1 Å². The van der Waals surface area contributed by atoms with Crippen LogP contribution in [0.3, 0.4) is 0 Å². The Morgan fingerprint density at radius 1 is 1.10 bits per heavy atom. The van der Waals surface area contributed by atoms with Gasteiger partial charge in [-0.25, -0.2) is 13.4 Å². The number of hydrogen-bond acceptors (Lipinski definition) is 7. The molecular weight excluding hydrogens is 446 g/mol. The lowest BCUT2D eigenvalue weighted by Crippen LogP contribution is -2.48. The Balaban J connectivity index is 1.46. The molecule has 1 saturated heterocycles. The summed E-state index contributed by atoms with van der Waals surface area (Å²) in [6, 6.07) is 9.80. The first kappa shape index (κ1) is 21.4. The van der Waals surface area contributed by atoms with Crippen molar-refractivity contribution in [2.45, 2.75) is 11.4 Å². The van der Waals surface area contributed by atoms with E-state index < -0.39 is 14.9 Å². The highest BCUT2D eigenvalue weighted by atomic mass is 35.5. The molecule has 2 aromatic heterocycles. The van der Waals surface area contributed by atoms with Crippen LogP contribution in [0, 0.1) is 10.1 Å². The molecule has 10 nitrogen and oxygen atoms in total. The Labute approximate surface area is 182 Å². The summed E-state index contributed by atoms with van der Waals surface area (Å²) in [5.41, 5.74) is 0.560. The minimum atomic E-state index is -3.83. The van der Waals surface area contributed by atoms with Crippen LogP contribution >= 0.6 is 11.6 Å². The average molecular weight is 464 g/mol. The first-order valence-corrected chi connectivity index (χ1v) is 11.2. The normalized spacial score (nSPS) is 15.9. The number of aromatic nitrogens is 2. The van der Waals surface area contributed by atoms with Gasteiger partial charge in [0.05, 0.1) is 20.5 Å². The fourth-order valence-electron chi connectivity index (χ4n) is 3.47. The Bertz CT molecular complexity index is 1320. The predicted octanol–water partition coefficient (Wildman–Crippen LogP) is 1.76. The number of nitro groups is 1. The average Bonchev–Trinajstić information content (AvgIpc) is 2.75. The second-order valence-electron chi connectivity index (χ2n) is 7.10. The highest BCUT2D eigenvalue weighted by molar-refractivity contribution is 7.89. The molecule has 1 fully saturated rings. The van der Waals surface area contributed by atoms with E-state index in [1.165, 1.54) is 39.2 Å². The zero-order valence-electron chi connectivity index (χ0n) is 16.2. The Morgan fingerprint density at radius 3 is 2.55 bits per heavy atom. The van der Waals surface area contributed by atoms with Crippen molar-refractivity contribution in [3.63, 3.8) is 0 Å². The van der Waals surface area contributed by atoms with Gasteiger partial charge in [0.15, 0.2) is 0 Å². The maximum absolute atomic E-state index is 12.9. The second kappa shape index (κ2) is 8.35. The van der Waals surface area contributed by atoms with Crippen molar-refractivity contribution in [1.29, 1.82) is 0 Å². The summed E-state index contributed by atoms with van der Waals surface area (Å²) in [5.74, 6) is 0. The number of nitro benzene ring substituents is 1. The molecule has 0 radical (unpaired) electrons. The highest BCUT2D eigenvalue weighted by Gasteiger charge is 2.29. The summed E-state index contributed by atoms with van der Waals surface area (Å²) in [6.07, 6.45) is 1.51. The van der Waals surface area contributed by atoms with E-state index in [-0.39, 0.29) is 29.2 Å². The first-order valence-electron chi connectivity index (χ1n) is 9.39. The van der Waals surface area contributed by atoms with E-state index in [9.17, 15) is 23.3 Å². The summed E-state index contributed by atoms with van der Waals surface area (Å²) in [5, 5.41) is 11.4. The van der Waals surface area contributed by atoms with E-state index in [4.69, 9.17) is 11.6 Å². The van der Waals surface area contributed by atoms with Gasteiger partial charge in [-0.15, -0.1) is 0 Å². The third-order valence-electron chi connectivity index (χ3n) is 5.06. The van der Waals surface area contributed by atoms with E-state index in [1.807, 2.05) is 4.90 Å². The number of piperazine rings is 1. The number of pyridine rings is 1. The molecule has 1 aromatic carbocycles. The van der Waals surface area contributed by atoms with E-state index in [0.717, 1.165) is 6.07 Å². The molecule has 0 saturated carbocycles. The smallest absolute Gasteiger partial charge is 0.270 e. The molecule has 162 valence electrons. The number of fused-ring (bicyclic) bond motifs is 1. The Kier molecular flexibility index (Phi) is 5.75. The lowest BCUT2D eigenvalue weighted by atomic mass is 10.3. The molecule has 3 heterocycles. The molecule has 0 N–H and O–H groups in total. The minimum absolute atomic E-state index is 0.0990. The zero-order chi connectivity index (χ0) is 22.2. The third kappa shape index (κ3) is 4.44. The first-order chi connectivity index (χ1) is 14.7. The number of rotatable bonds is 5. The van der Waals surface area contributed by atoms with Gasteiger partial charge in [-0.1, -0.05) is 17.7 Å². The van der Waals surface area contributed by atoms with Crippen molar-refractivity contribution < 1.29 is 13.3 Å². The molecule has 0 atom stereocenters. The fourth-order valence-corrected chi connectivity index (χ4v) is 5.09. The van der Waals surface area contributed by atoms with Gasteiger partial charge in [-0.3, -0.25) is 24.2 Å². The van der Waals surface area contributed by atoms with E-state index in [0.29, 0.717) is 36.0 Å². The van der Waals surface area contributed by atoms with Gasteiger partial charge < -0.3 is 0 Å². The van der Waals surface area contributed by atoms with Crippen LogP contribution in [0.25, 0.3) is 5.65 Å². The van der Waals surface area contributed by atoms with E-state index >= 15 is 0 Å². The van der Waals surface area contributed by atoms with E-state index in [2.05, 4.69) is 4.98 Å². The quantitative estimate of drug-likeness (QED) is 0.418. The van der Waals surface area contributed by atoms with E-state index in [1.54, 1.807) is 12.1 Å². The van der Waals surface area contributed by atoms with Gasteiger partial charge in [-0.2, -0.15) is 4.31 Å². The van der Waals surface area contributed by atoms with Crippen LogP contribution in [-0.2, 0) is 16.6 Å². The molecule has 1 aliphatic heterocycles. The molecule has 0 bridgehead atoms. The SMILES string of the molecule is O=c1cc(CN2CCN(S(=O)(=O)c3cccc([N+](=O)[O-])c3)CC2)nc2ccc(Cl)cn12. The van der Waals surface area contributed by atoms with Crippen molar-refractivity contribution in [3.05, 3.63) is 79.8 Å². The Hall–Kier alpha value is -2.86.